The summed E-state index contributed by atoms with van der Waals surface area (Å²) >= 11 is 0. The van der Waals surface area contributed by atoms with Crippen molar-refractivity contribution >= 4 is 0 Å². The molecule has 1 atom stereocenters. The molecule has 1 heterocycles. The van der Waals surface area contributed by atoms with Crippen molar-refractivity contribution in [1.29, 1.82) is 0 Å². The van der Waals surface area contributed by atoms with Crippen molar-refractivity contribution in [3.05, 3.63) is 59.8 Å². The van der Waals surface area contributed by atoms with Crippen LogP contribution in [0, 0.1) is 5.82 Å². The fourth-order valence-corrected chi connectivity index (χ4v) is 1.83. The maximum Gasteiger partial charge on any atom is 0.123 e. The second-order valence-corrected chi connectivity index (χ2v) is 3.97. The lowest BCUT2D eigenvalue weighted by molar-refractivity contribution is 0.443. The molecule has 2 nitrogen and oxygen atoms in total. The van der Waals surface area contributed by atoms with Crippen LogP contribution in [0.25, 0.3) is 0 Å². The quantitative estimate of drug-likeness (QED) is 0.852. The molecule has 1 aromatic heterocycles. The number of furan rings is 1. The average molecular weight is 233 g/mol. The minimum atomic E-state index is -0.199. The molecular formula is C14H16FNO. The first-order valence-corrected chi connectivity index (χ1v) is 5.81. The first kappa shape index (κ1) is 11.9. The van der Waals surface area contributed by atoms with Gasteiger partial charge in [0, 0.05) is 6.04 Å². The number of hydrogen-bond donors (Lipinski definition) is 1. The summed E-state index contributed by atoms with van der Waals surface area (Å²) in [6.07, 6.45) is 2.61. The standard InChI is InChI=1S/C14H16FNO/c1-2-14(11-5-7-12(15)8-6-11)16-10-13-4-3-9-17-13/h3-9,14,16H,2,10H2,1H3. The third-order valence-corrected chi connectivity index (χ3v) is 2.78. The molecular weight excluding hydrogens is 217 g/mol. The zero-order valence-electron chi connectivity index (χ0n) is 9.82. The van der Waals surface area contributed by atoms with Crippen molar-refractivity contribution in [1.82, 2.24) is 5.32 Å². The molecule has 0 spiro atoms. The lowest BCUT2D eigenvalue weighted by Gasteiger charge is -2.16. The SMILES string of the molecule is CCC(NCc1ccco1)c1ccc(F)cc1. The maximum absolute atomic E-state index is 12.8. The predicted octanol–water partition coefficient (Wildman–Crippen LogP) is 3.66. The molecule has 0 bridgehead atoms. The fourth-order valence-electron chi connectivity index (χ4n) is 1.83. The summed E-state index contributed by atoms with van der Waals surface area (Å²) in [6, 6.07) is 10.7. The van der Waals surface area contributed by atoms with Gasteiger partial charge >= 0.3 is 0 Å². The van der Waals surface area contributed by atoms with Crippen molar-refractivity contribution in [3.63, 3.8) is 0 Å². The van der Waals surface area contributed by atoms with E-state index in [4.69, 9.17) is 4.42 Å². The van der Waals surface area contributed by atoms with Crippen LogP contribution in [0.1, 0.15) is 30.7 Å². The molecule has 17 heavy (non-hydrogen) atoms. The summed E-state index contributed by atoms with van der Waals surface area (Å²) < 4.78 is 18.1. The first-order chi connectivity index (χ1) is 8.29. The minimum Gasteiger partial charge on any atom is -0.468 e. The van der Waals surface area contributed by atoms with Gasteiger partial charge in [-0.1, -0.05) is 19.1 Å². The number of nitrogens with one attached hydrogen (secondary N) is 1. The minimum absolute atomic E-state index is 0.199. The van der Waals surface area contributed by atoms with Gasteiger partial charge in [-0.25, -0.2) is 4.39 Å². The molecule has 2 aromatic rings. The highest BCUT2D eigenvalue weighted by molar-refractivity contribution is 5.19. The third-order valence-electron chi connectivity index (χ3n) is 2.78. The van der Waals surface area contributed by atoms with Crippen molar-refractivity contribution in [2.75, 3.05) is 0 Å². The number of rotatable bonds is 5. The van der Waals surface area contributed by atoms with Crippen molar-refractivity contribution < 1.29 is 8.81 Å². The molecule has 0 aliphatic carbocycles. The van der Waals surface area contributed by atoms with Crippen LogP contribution in [0.5, 0.6) is 0 Å². The fraction of sp³-hybridized carbons (Fsp3) is 0.286. The molecule has 0 aliphatic rings. The Bertz CT molecular complexity index is 436. The van der Waals surface area contributed by atoms with Crippen molar-refractivity contribution in [2.24, 2.45) is 0 Å². The second-order valence-electron chi connectivity index (χ2n) is 3.97. The molecule has 3 heteroatoms. The number of hydrogen-bond acceptors (Lipinski definition) is 2. The highest BCUT2D eigenvalue weighted by Gasteiger charge is 2.09. The second kappa shape index (κ2) is 5.64. The Balaban J connectivity index is 1.99. The Kier molecular flexibility index (Phi) is 3.94. The van der Waals surface area contributed by atoms with E-state index in [0.29, 0.717) is 6.54 Å². The van der Waals surface area contributed by atoms with Gasteiger partial charge in [0.05, 0.1) is 12.8 Å². The molecule has 1 unspecified atom stereocenters. The van der Waals surface area contributed by atoms with Gasteiger partial charge in [-0.05, 0) is 36.2 Å². The van der Waals surface area contributed by atoms with E-state index in [9.17, 15) is 4.39 Å². The van der Waals surface area contributed by atoms with Gasteiger partial charge in [-0.15, -0.1) is 0 Å². The van der Waals surface area contributed by atoms with E-state index in [-0.39, 0.29) is 11.9 Å². The first-order valence-electron chi connectivity index (χ1n) is 5.81. The van der Waals surface area contributed by atoms with Crippen LogP contribution in [0.4, 0.5) is 4.39 Å². The Morgan fingerprint density at radius 2 is 2.00 bits per heavy atom. The number of benzene rings is 1. The normalized spacial score (nSPS) is 12.6. The zero-order valence-corrected chi connectivity index (χ0v) is 9.82. The van der Waals surface area contributed by atoms with E-state index >= 15 is 0 Å². The van der Waals surface area contributed by atoms with Crippen LogP contribution < -0.4 is 5.32 Å². The zero-order chi connectivity index (χ0) is 12.1. The molecule has 1 N–H and O–H groups in total. The molecule has 2 rings (SSSR count). The molecule has 0 fully saturated rings. The molecule has 0 aliphatic heterocycles. The summed E-state index contributed by atoms with van der Waals surface area (Å²) in [6.45, 7) is 2.78. The van der Waals surface area contributed by atoms with E-state index in [1.54, 1.807) is 6.26 Å². The Hall–Kier alpha value is -1.61. The van der Waals surface area contributed by atoms with E-state index in [2.05, 4.69) is 12.2 Å². The third kappa shape index (κ3) is 3.17. The summed E-state index contributed by atoms with van der Waals surface area (Å²) in [5.41, 5.74) is 1.10. The molecule has 1 aromatic carbocycles. The molecule has 90 valence electrons. The van der Waals surface area contributed by atoms with Crippen LogP contribution in [0.15, 0.2) is 47.1 Å². The molecule has 0 amide bonds. The van der Waals surface area contributed by atoms with E-state index in [1.165, 1.54) is 12.1 Å². The van der Waals surface area contributed by atoms with Crippen molar-refractivity contribution in [2.45, 2.75) is 25.9 Å². The van der Waals surface area contributed by atoms with Crippen LogP contribution in [0.3, 0.4) is 0 Å². The highest BCUT2D eigenvalue weighted by Crippen LogP contribution is 2.17. The van der Waals surface area contributed by atoms with Crippen molar-refractivity contribution in [3.8, 4) is 0 Å². The lowest BCUT2D eigenvalue weighted by atomic mass is 10.0. The van der Waals surface area contributed by atoms with E-state index in [0.717, 1.165) is 17.7 Å². The molecule has 0 saturated heterocycles. The Labute approximate surface area is 100 Å². The van der Waals surface area contributed by atoms with Gasteiger partial charge in [-0.2, -0.15) is 0 Å². The summed E-state index contributed by atoms with van der Waals surface area (Å²) in [5.74, 6) is 0.709. The monoisotopic (exact) mass is 233 g/mol. The largest absolute Gasteiger partial charge is 0.468 e. The smallest absolute Gasteiger partial charge is 0.123 e. The van der Waals surface area contributed by atoms with E-state index < -0.39 is 0 Å². The van der Waals surface area contributed by atoms with Crippen LogP contribution in [-0.2, 0) is 6.54 Å². The molecule has 0 saturated carbocycles. The Morgan fingerprint density at radius 3 is 2.59 bits per heavy atom. The van der Waals surface area contributed by atoms with Crippen LogP contribution in [0.2, 0.25) is 0 Å². The van der Waals surface area contributed by atoms with Gasteiger partial charge in [0.2, 0.25) is 0 Å². The summed E-state index contributed by atoms with van der Waals surface area (Å²) in [7, 11) is 0. The predicted molar refractivity (Wildman–Crippen MR) is 65.0 cm³/mol. The lowest BCUT2D eigenvalue weighted by Crippen LogP contribution is -2.19. The number of halogens is 1. The van der Waals surface area contributed by atoms with Crippen LogP contribution >= 0.6 is 0 Å². The van der Waals surface area contributed by atoms with Gasteiger partial charge in [-0.3, -0.25) is 0 Å². The molecule has 0 radical (unpaired) electrons. The highest BCUT2D eigenvalue weighted by atomic mass is 19.1. The Morgan fingerprint density at radius 1 is 1.24 bits per heavy atom. The van der Waals surface area contributed by atoms with Crippen LogP contribution in [-0.4, -0.2) is 0 Å². The van der Waals surface area contributed by atoms with E-state index in [1.807, 2.05) is 24.3 Å². The summed E-state index contributed by atoms with van der Waals surface area (Å²) in [4.78, 5) is 0. The average Bonchev–Trinajstić information content (AvgIpc) is 2.85. The summed E-state index contributed by atoms with van der Waals surface area (Å²) in [5, 5.41) is 3.39. The van der Waals surface area contributed by atoms with Gasteiger partial charge < -0.3 is 9.73 Å². The van der Waals surface area contributed by atoms with Gasteiger partial charge in [0.25, 0.3) is 0 Å². The maximum atomic E-state index is 12.8. The van der Waals surface area contributed by atoms with Gasteiger partial charge in [0.15, 0.2) is 0 Å². The topological polar surface area (TPSA) is 25.2 Å². The van der Waals surface area contributed by atoms with Gasteiger partial charge in [0.1, 0.15) is 11.6 Å².